The number of halogens is 4. The predicted molar refractivity (Wildman–Crippen MR) is 151 cm³/mol. The van der Waals surface area contributed by atoms with E-state index in [1.54, 1.807) is 0 Å². The molecule has 0 aromatic heterocycles. The van der Waals surface area contributed by atoms with Gasteiger partial charge >= 0.3 is 15.6 Å². The second-order valence-electron chi connectivity index (χ2n) is 10.7. The maximum atomic E-state index is 13.8. The number of unbranched alkanes of at least 4 members (excludes halogenated alkanes) is 2. The molecule has 2 amide bonds. The Kier molecular flexibility index (Phi) is 10.8. The molecule has 0 saturated carbocycles. The first kappa shape index (κ1) is 33.2. The molecule has 2 aliphatic rings. The van der Waals surface area contributed by atoms with Crippen molar-refractivity contribution in [1.82, 2.24) is 4.90 Å². The van der Waals surface area contributed by atoms with Crippen molar-refractivity contribution in [3.8, 4) is 11.5 Å². The molecule has 0 fully saturated rings. The molecule has 3 rings (SSSR count). The lowest BCUT2D eigenvalue weighted by molar-refractivity contribution is -0.123. The van der Waals surface area contributed by atoms with Gasteiger partial charge in [0, 0.05) is 38.7 Å². The van der Waals surface area contributed by atoms with E-state index in [2.05, 4.69) is 39.8 Å². The van der Waals surface area contributed by atoms with Crippen molar-refractivity contribution < 1.29 is 49.6 Å². The van der Waals surface area contributed by atoms with Crippen LogP contribution in [0.1, 0.15) is 36.0 Å². The van der Waals surface area contributed by atoms with Crippen LogP contribution in [0.5, 0.6) is 11.5 Å². The fraction of sp³-hybridized carbons (Fsp3) is 0.600. The normalized spacial score (nSPS) is 17.7. The number of nitrogens with zero attached hydrogens (tertiary/aromatic N) is 2. The fourth-order valence-corrected chi connectivity index (χ4v) is 5.75. The fourth-order valence-electron chi connectivity index (χ4n) is 4.11. The number of rotatable bonds is 14. The van der Waals surface area contributed by atoms with E-state index >= 15 is 0 Å². The highest BCUT2D eigenvalue weighted by Gasteiger charge is 2.51. The van der Waals surface area contributed by atoms with E-state index in [1.165, 1.54) is 24.1 Å². The van der Waals surface area contributed by atoms with Gasteiger partial charge in [-0.05, 0) is 31.4 Å². The van der Waals surface area contributed by atoms with Gasteiger partial charge in [0.1, 0.15) is 18.5 Å². The van der Waals surface area contributed by atoms with Crippen molar-refractivity contribution in [3.63, 3.8) is 0 Å². The van der Waals surface area contributed by atoms with Crippen LogP contribution in [0.3, 0.4) is 0 Å². The molecule has 2 aliphatic heterocycles. The van der Waals surface area contributed by atoms with Gasteiger partial charge in [-0.1, -0.05) is 35.6 Å². The lowest BCUT2D eigenvalue weighted by Crippen LogP contribution is -2.45. The van der Waals surface area contributed by atoms with Gasteiger partial charge in [0.05, 0.1) is 25.0 Å². The molecule has 1 aromatic carbocycles. The molecule has 10 nitrogen and oxygen atoms in total. The predicted octanol–water partition coefficient (Wildman–Crippen LogP) is 5.22. The Morgan fingerprint density at radius 3 is 2.39 bits per heavy atom. The molecule has 0 bridgehead atoms. The topological polar surface area (TPSA) is 112 Å². The zero-order valence-electron chi connectivity index (χ0n) is 23.3. The first-order valence-corrected chi connectivity index (χ1v) is 19.2. The van der Waals surface area contributed by atoms with Gasteiger partial charge in [-0.25, -0.2) is 0 Å². The van der Waals surface area contributed by atoms with Crippen LogP contribution in [0.2, 0.25) is 25.7 Å². The van der Waals surface area contributed by atoms with Crippen LogP contribution in [0.25, 0.3) is 0 Å². The van der Waals surface area contributed by atoms with Gasteiger partial charge in [0.2, 0.25) is 0 Å². The minimum atomic E-state index is -6.00. The molecular weight excluding hydrogens is 653 g/mol. The van der Waals surface area contributed by atoms with Crippen LogP contribution in [0.15, 0.2) is 24.1 Å². The quantitative estimate of drug-likeness (QED) is 0.0861. The van der Waals surface area contributed by atoms with E-state index < -0.39 is 53.7 Å². The summed E-state index contributed by atoms with van der Waals surface area (Å²) in [6.45, 7) is 6.95. The highest BCUT2D eigenvalue weighted by atomic mass is 79.9. The van der Waals surface area contributed by atoms with Crippen molar-refractivity contribution in [2.24, 2.45) is 0 Å². The summed E-state index contributed by atoms with van der Waals surface area (Å²) in [7, 11) is -6.08. The first-order chi connectivity index (χ1) is 19.1. The standard InChI is InChI=1S/C25H34BrF3N2O8SSi/c1-36-21-13-18-19(14-22(21)38-9-7-5-6-8-26)31(16-37-10-11-41(2,3)4)24(33)20-12-17(15-30(20)23(18)32)39-40(34,35)25(27,28)29/h13-15,20H,5-12,16H2,1-4H3/t20-/m0/s1. The molecule has 0 unspecified atom stereocenters. The van der Waals surface area contributed by atoms with Crippen molar-refractivity contribution >= 4 is 51.6 Å². The molecule has 0 radical (unpaired) electrons. The van der Waals surface area contributed by atoms with E-state index in [4.69, 9.17) is 14.2 Å². The monoisotopic (exact) mass is 686 g/mol. The minimum Gasteiger partial charge on any atom is -0.493 e. The number of alkyl halides is 4. The molecule has 0 N–H and O–H groups in total. The van der Waals surface area contributed by atoms with Gasteiger partial charge < -0.3 is 18.4 Å². The summed E-state index contributed by atoms with van der Waals surface area (Å²) in [6.07, 6.45) is 2.89. The number of amides is 2. The SMILES string of the molecule is COc1cc2c(cc1OCCCCCBr)N(COCC[Si](C)(C)C)C(=O)[C@@H]1CC(OS(=O)(=O)C(F)(F)F)=CN1C2=O. The molecule has 230 valence electrons. The number of fused-ring (bicyclic) bond motifs is 2. The lowest BCUT2D eigenvalue weighted by atomic mass is 10.1. The summed E-state index contributed by atoms with van der Waals surface area (Å²) in [5.41, 5.74) is -5.50. The Labute approximate surface area is 247 Å². The maximum absolute atomic E-state index is 13.8. The molecule has 2 heterocycles. The van der Waals surface area contributed by atoms with Crippen LogP contribution in [-0.4, -0.2) is 77.1 Å². The van der Waals surface area contributed by atoms with Crippen LogP contribution in [0, 0.1) is 0 Å². The molecule has 0 saturated heterocycles. The number of benzene rings is 1. The number of hydrogen-bond donors (Lipinski definition) is 0. The Bertz CT molecular complexity index is 1270. The zero-order chi connectivity index (χ0) is 30.6. The van der Waals surface area contributed by atoms with Crippen LogP contribution in [-0.2, 0) is 23.8 Å². The Morgan fingerprint density at radius 2 is 1.78 bits per heavy atom. The van der Waals surface area contributed by atoms with Crippen LogP contribution < -0.4 is 14.4 Å². The van der Waals surface area contributed by atoms with Crippen molar-refractivity contribution in [3.05, 3.63) is 29.7 Å². The van der Waals surface area contributed by atoms with Gasteiger partial charge in [0.15, 0.2) is 11.5 Å². The third-order valence-electron chi connectivity index (χ3n) is 6.35. The van der Waals surface area contributed by atoms with Crippen molar-refractivity contribution in [2.75, 3.05) is 37.3 Å². The summed E-state index contributed by atoms with van der Waals surface area (Å²) in [6, 6.07) is 2.34. The largest absolute Gasteiger partial charge is 0.534 e. The number of hydrogen-bond acceptors (Lipinski definition) is 8. The zero-order valence-corrected chi connectivity index (χ0v) is 26.7. The molecule has 41 heavy (non-hydrogen) atoms. The van der Waals surface area contributed by atoms with Gasteiger partial charge in [-0.2, -0.15) is 21.6 Å². The van der Waals surface area contributed by atoms with E-state index in [1.807, 2.05) is 0 Å². The third-order valence-corrected chi connectivity index (χ3v) is 9.62. The number of carbonyl (C=O) groups excluding carboxylic acids is 2. The highest BCUT2D eigenvalue weighted by molar-refractivity contribution is 9.09. The van der Waals surface area contributed by atoms with Crippen LogP contribution >= 0.6 is 15.9 Å². The van der Waals surface area contributed by atoms with Crippen molar-refractivity contribution in [1.29, 1.82) is 0 Å². The van der Waals surface area contributed by atoms with Gasteiger partial charge in [-0.15, -0.1) is 0 Å². The minimum absolute atomic E-state index is 0.00527. The number of ether oxygens (including phenoxy) is 3. The number of methoxy groups -OCH3 is 1. The van der Waals surface area contributed by atoms with E-state index in [0.717, 1.165) is 41.7 Å². The summed E-state index contributed by atoms with van der Waals surface area (Å²) in [5, 5.41) is 0.868. The van der Waals surface area contributed by atoms with Crippen LogP contribution in [0.4, 0.5) is 18.9 Å². The van der Waals surface area contributed by atoms with Gasteiger partial charge in [-0.3, -0.25) is 19.4 Å². The second-order valence-corrected chi connectivity index (χ2v) is 18.7. The summed E-state index contributed by atoms with van der Waals surface area (Å²) in [5.74, 6) is -1.61. The molecule has 1 aromatic rings. The summed E-state index contributed by atoms with van der Waals surface area (Å²) >= 11 is 3.38. The Morgan fingerprint density at radius 1 is 1.07 bits per heavy atom. The summed E-state index contributed by atoms with van der Waals surface area (Å²) in [4.78, 5) is 29.5. The van der Waals surface area contributed by atoms with E-state index in [0.29, 0.717) is 19.0 Å². The molecular formula is C25H34BrF3N2O8SSi. The lowest BCUT2D eigenvalue weighted by Gasteiger charge is -2.26. The number of carbonyl (C=O) groups is 2. The second kappa shape index (κ2) is 13.3. The molecule has 0 aliphatic carbocycles. The Hall–Kier alpha value is -2.30. The molecule has 16 heteroatoms. The first-order valence-electron chi connectivity index (χ1n) is 12.9. The molecule has 0 spiro atoms. The highest BCUT2D eigenvalue weighted by Crippen LogP contribution is 2.41. The smallest absolute Gasteiger partial charge is 0.493 e. The third kappa shape index (κ3) is 8.17. The van der Waals surface area contributed by atoms with E-state index in [-0.39, 0.29) is 23.7 Å². The Balaban J connectivity index is 1.99. The van der Waals surface area contributed by atoms with E-state index in [9.17, 15) is 31.2 Å². The number of anilines is 1. The summed E-state index contributed by atoms with van der Waals surface area (Å²) < 4.78 is 83.4. The maximum Gasteiger partial charge on any atom is 0.534 e. The average Bonchev–Trinajstić information content (AvgIpc) is 3.26. The van der Waals surface area contributed by atoms with Crippen molar-refractivity contribution in [2.45, 2.75) is 62.9 Å². The van der Waals surface area contributed by atoms with Gasteiger partial charge in [0.25, 0.3) is 11.8 Å². The molecule has 1 atom stereocenters. The average molecular weight is 688 g/mol.